The Kier molecular flexibility index (Phi) is 5.64. The Morgan fingerprint density at radius 3 is 2.44 bits per heavy atom. The molecule has 0 saturated heterocycles. The van der Waals surface area contributed by atoms with Gasteiger partial charge in [0.05, 0.1) is 26.3 Å². The first kappa shape index (κ1) is 17.0. The molecule has 0 amide bonds. The Bertz CT molecular complexity index is 817. The van der Waals surface area contributed by atoms with Crippen LogP contribution in [0.5, 0.6) is 11.5 Å². The van der Waals surface area contributed by atoms with Crippen LogP contribution in [0.3, 0.4) is 0 Å². The topological polar surface area (TPSA) is 69.4 Å². The molecule has 0 unspecified atom stereocenters. The summed E-state index contributed by atoms with van der Waals surface area (Å²) in [6, 6.07) is 15.6. The summed E-state index contributed by atoms with van der Waals surface area (Å²) in [4.78, 5) is 0. The third-order valence-corrected chi connectivity index (χ3v) is 3.84. The third kappa shape index (κ3) is 4.16. The minimum atomic E-state index is 0.457. The Morgan fingerprint density at radius 1 is 0.920 bits per heavy atom. The van der Waals surface area contributed by atoms with Crippen LogP contribution in [0, 0.1) is 0 Å². The van der Waals surface area contributed by atoms with Gasteiger partial charge in [-0.15, -0.1) is 10.2 Å². The highest BCUT2D eigenvalue weighted by atomic mass is 16.5. The number of methoxy groups -OCH3 is 2. The normalized spacial score (nSPS) is 10.6. The molecule has 0 radical (unpaired) electrons. The van der Waals surface area contributed by atoms with Gasteiger partial charge in [-0.25, -0.2) is 0 Å². The van der Waals surface area contributed by atoms with E-state index < -0.39 is 0 Å². The Labute approximate surface area is 146 Å². The fourth-order valence-corrected chi connectivity index (χ4v) is 2.58. The highest BCUT2D eigenvalue weighted by Crippen LogP contribution is 2.28. The minimum absolute atomic E-state index is 0.457. The van der Waals surface area contributed by atoms with E-state index in [0.29, 0.717) is 24.1 Å². The Balaban J connectivity index is 1.56. The van der Waals surface area contributed by atoms with Crippen molar-refractivity contribution < 1.29 is 13.9 Å². The molecule has 0 saturated carbocycles. The maximum absolute atomic E-state index is 5.72. The lowest BCUT2D eigenvalue weighted by Gasteiger charge is -2.08. The molecular formula is C19H21N3O3. The molecule has 0 aliphatic rings. The van der Waals surface area contributed by atoms with Crippen molar-refractivity contribution >= 4 is 0 Å². The van der Waals surface area contributed by atoms with Crippen molar-refractivity contribution in [1.82, 2.24) is 15.5 Å². The van der Waals surface area contributed by atoms with E-state index in [9.17, 15) is 0 Å². The van der Waals surface area contributed by atoms with Crippen LogP contribution in [0.25, 0.3) is 11.5 Å². The molecule has 3 aromatic rings. The van der Waals surface area contributed by atoms with Crippen LogP contribution in [0.1, 0.15) is 11.5 Å². The van der Waals surface area contributed by atoms with Gasteiger partial charge in [-0.1, -0.05) is 30.3 Å². The summed E-state index contributed by atoms with van der Waals surface area (Å²) in [7, 11) is 3.31. The number of hydrogen-bond donors (Lipinski definition) is 1. The lowest BCUT2D eigenvalue weighted by Crippen LogP contribution is -2.17. The second kappa shape index (κ2) is 8.30. The lowest BCUT2D eigenvalue weighted by molar-refractivity contribution is 0.408. The fraction of sp³-hybridized carbons (Fsp3) is 0.263. The quantitative estimate of drug-likeness (QED) is 0.636. The van der Waals surface area contributed by atoms with E-state index in [2.05, 4.69) is 21.6 Å². The maximum atomic E-state index is 5.72. The van der Waals surface area contributed by atoms with E-state index in [-0.39, 0.29) is 0 Å². The molecule has 3 rings (SSSR count). The maximum Gasteiger partial charge on any atom is 0.251 e. The van der Waals surface area contributed by atoms with Crippen molar-refractivity contribution in [3.63, 3.8) is 0 Å². The van der Waals surface area contributed by atoms with Crippen LogP contribution in [0.15, 0.2) is 52.9 Å². The van der Waals surface area contributed by atoms with Crippen LogP contribution in [0.2, 0.25) is 0 Å². The number of para-hydroxylation sites is 2. The summed E-state index contributed by atoms with van der Waals surface area (Å²) in [5.74, 6) is 2.61. The van der Waals surface area contributed by atoms with Gasteiger partial charge < -0.3 is 19.2 Å². The molecule has 0 atom stereocenters. The number of hydrogen-bond acceptors (Lipinski definition) is 6. The van der Waals surface area contributed by atoms with Crippen LogP contribution in [-0.4, -0.2) is 31.0 Å². The first-order valence-corrected chi connectivity index (χ1v) is 8.10. The van der Waals surface area contributed by atoms with Gasteiger partial charge in [0.2, 0.25) is 5.89 Å². The number of ether oxygens (including phenoxy) is 2. The average Bonchev–Trinajstić information content (AvgIpc) is 3.14. The van der Waals surface area contributed by atoms with Gasteiger partial charge in [-0.3, -0.25) is 0 Å². The van der Waals surface area contributed by atoms with E-state index in [1.165, 1.54) is 0 Å². The largest absolute Gasteiger partial charge is 0.496 e. The molecule has 0 aliphatic carbocycles. The first-order valence-electron chi connectivity index (χ1n) is 8.10. The summed E-state index contributed by atoms with van der Waals surface area (Å²) in [6.07, 6.45) is 0.859. The lowest BCUT2D eigenvalue weighted by atomic mass is 10.1. The average molecular weight is 339 g/mol. The highest BCUT2D eigenvalue weighted by molar-refractivity contribution is 5.62. The summed E-state index contributed by atoms with van der Waals surface area (Å²) in [5.41, 5.74) is 1.95. The smallest absolute Gasteiger partial charge is 0.251 e. The molecule has 1 N–H and O–H groups in total. The number of aromatic nitrogens is 2. The van der Waals surface area contributed by atoms with Crippen molar-refractivity contribution in [3.05, 3.63) is 60.0 Å². The van der Waals surface area contributed by atoms with Crippen LogP contribution < -0.4 is 14.8 Å². The number of benzene rings is 2. The predicted molar refractivity (Wildman–Crippen MR) is 94.7 cm³/mol. The summed E-state index contributed by atoms with van der Waals surface area (Å²) in [6.45, 7) is 1.30. The summed E-state index contributed by atoms with van der Waals surface area (Å²) < 4.78 is 16.4. The predicted octanol–water partition coefficient (Wildman–Crippen LogP) is 3.09. The van der Waals surface area contributed by atoms with E-state index in [0.717, 1.165) is 29.8 Å². The second-order valence-electron chi connectivity index (χ2n) is 5.44. The van der Waals surface area contributed by atoms with Crippen molar-refractivity contribution in [2.45, 2.75) is 13.0 Å². The number of nitrogens with zero attached hydrogens (tertiary/aromatic N) is 2. The molecule has 6 nitrogen and oxygen atoms in total. The zero-order chi connectivity index (χ0) is 17.5. The Morgan fingerprint density at radius 2 is 1.64 bits per heavy atom. The van der Waals surface area contributed by atoms with Gasteiger partial charge in [-0.05, 0) is 36.7 Å². The van der Waals surface area contributed by atoms with Gasteiger partial charge >= 0.3 is 0 Å². The Hall–Kier alpha value is -2.86. The molecule has 1 aromatic heterocycles. The van der Waals surface area contributed by atoms with E-state index in [1.54, 1.807) is 14.2 Å². The van der Waals surface area contributed by atoms with Gasteiger partial charge in [0, 0.05) is 0 Å². The van der Waals surface area contributed by atoms with Crippen molar-refractivity contribution in [3.8, 4) is 23.0 Å². The molecule has 2 aromatic carbocycles. The molecule has 1 heterocycles. The zero-order valence-corrected chi connectivity index (χ0v) is 14.4. The summed E-state index contributed by atoms with van der Waals surface area (Å²) >= 11 is 0. The van der Waals surface area contributed by atoms with Gasteiger partial charge in [-0.2, -0.15) is 0 Å². The molecule has 6 heteroatoms. The molecule has 0 fully saturated rings. The van der Waals surface area contributed by atoms with Gasteiger partial charge in [0.15, 0.2) is 0 Å². The SMILES string of the molecule is COc1ccccc1CCNCc1nnc(-c2ccccc2OC)o1. The summed E-state index contributed by atoms with van der Waals surface area (Å²) in [5, 5.41) is 11.5. The number of nitrogens with one attached hydrogen (secondary N) is 1. The molecule has 0 aliphatic heterocycles. The fourth-order valence-electron chi connectivity index (χ4n) is 2.58. The van der Waals surface area contributed by atoms with Crippen molar-refractivity contribution in [2.75, 3.05) is 20.8 Å². The first-order chi connectivity index (χ1) is 12.3. The monoisotopic (exact) mass is 339 g/mol. The molecule has 25 heavy (non-hydrogen) atoms. The van der Waals surface area contributed by atoms with Gasteiger partial charge in [0.1, 0.15) is 11.5 Å². The van der Waals surface area contributed by atoms with Crippen molar-refractivity contribution in [2.24, 2.45) is 0 Å². The third-order valence-electron chi connectivity index (χ3n) is 3.84. The highest BCUT2D eigenvalue weighted by Gasteiger charge is 2.12. The van der Waals surface area contributed by atoms with Crippen LogP contribution in [0.4, 0.5) is 0 Å². The van der Waals surface area contributed by atoms with E-state index in [4.69, 9.17) is 13.9 Å². The van der Waals surface area contributed by atoms with E-state index in [1.807, 2.05) is 42.5 Å². The second-order valence-corrected chi connectivity index (χ2v) is 5.44. The number of rotatable bonds is 8. The van der Waals surface area contributed by atoms with Crippen LogP contribution >= 0.6 is 0 Å². The van der Waals surface area contributed by atoms with Crippen LogP contribution in [-0.2, 0) is 13.0 Å². The minimum Gasteiger partial charge on any atom is -0.496 e. The molecule has 130 valence electrons. The standard InChI is InChI=1S/C19H21N3O3/c1-23-16-9-5-3-7-14(16)11-12-20-13-18-21-22-19(25-18)15-8-4-6-10-17(15)24-2/h3-10,20H,11-13H2,1-2H3. The van der Waals surface area contributed by atoms with Gasteiger partial charge in [0.25, 0.3) is 5.89 Å². The van der Waals surface area contributed by atoms with E-state index >= 15 is 0 Å². The molecule has 0 spiro atoms. The zero-order valence-electron chi connectivity index (χ0n) is 14.4. The van der Waals surface area contributed by atoms with Crippen molar-refractivity contribution in [1.29, 1.82) is 0 Å². The molecule has 0 bridgehead atoms. The molecular weight excluding hydrogens is 318 g/mol.